The van der Waals surface area contributed by atoms with Crippen LogP contribution in [0, 0.1) is 0 Å². The van der Waals surface area contributed by atoms with Gasteiger partial charge < -0.3 is 9.88 Å². The van der Waals surface area contributed by atoms with Crippen molar-refractivity contribution in [3.05, 3.63) is 55.2 Å². The summed E-state index contributed by atoms with van der Waals surface area (Å²) >= 11 is 0. The number of benzene rings is 1. The number of carbonyl (C=O) groups excluding carboxylic acids is 1. The Balaban J connectivity index is 1.83. The zero-order chi connectivity index (χ0) is 13.1. The lowest BCUT2D eigenvalue weighted by molar-refractivity contribution is -0.116. The number of hydrogen-bond donors (Lipinski definition) is 1. The van der Waals surface area contributed by atoms with Crippen LogP contribution in [0.2, 0.25) is 0 Å². The molecule has 0 aliphatic carbocycles. The number of anilines is 1. The van der Waals surface area contributed by atoms with Gasteiger partial charge in [0, 0.05) is 24.0 Å². The minimum atomic E-state index is -0.101. The van der Waals surface area contributed by atoms with Crippen LogP contribution in [0.1, 0.15) is 0 Å². The van der Waals surface area contributed by atoms with Crippen LogP contribution >= 0.6 is 0 Å². The fraction of sp³-hybridized carbons (Fsp3) is 0.0714. The second-order valence-corrected chi connectivity index (χ2v) is 4.16. The number of nitrogens with zero attached hydrogens (tertiary/aromatic N) is 3. The first-order chi connectivity index (χ1) is 9.33. The molecule has 0 unspecified atom stereocenters. The Morgan fingerprint density at radius 3 is 2.95 bits per heavy atom. The average Bonchev–Trinajstić information content (AvgIpc) is 2.92. The molecule has 5 nitrogen and oxygen atoms in total. The largest absolute Gasteiger partial charge is 0.328 e. The maximum atomic E-state index is 11.9. The minimum Gasteiger partial charge on any atom is -0.328 e. The third-order valence-corrected chi connectivity index (χ3v) is 2.79. The normalized spacial score (nSPS) is 10.5. The first-order valence-corrected chi connectivity index (χ1v) is 5.92. The van der Waals surface area contributed by atoms with Crippen LogP contribution in [-0.2, 0) is 11.3 Å². The van der Waals surface area contributed by atoms with Gasteiger partial charge in [0.25, 0.3) is 0 Å². The van der Waals surface area contributed by atoms with Crippen LogP contribution in [0.25, 0.3) is 10.9 Å². The third kappa shape index (κ3) is 2.44. The zero-order valence-corrected chi connectivity index (χ0v) is 10.2. The summed E-state index contributed by atoms with van der Waals surface area (Å²) in [6.45, 7) is 0.239. The standard InChI is InChI=1S/C14H12N4O/c19-13(9-18-8-7-15-10-18)17-12-5-1-3-11-4-2-6-16-14(11)12/h1-8,10H,9H2,(H,17,19). The number of pyridine rings is 1. The fourth-order valence-corrected chi connectivity index (χ4v) is 1.94. The number of imidazole rings is 1. The van der Waals surface area contributed by atoms with E-state index in [1.807, 2.05) is 30.3 Å². The molecule has 0 saturated heterocycles. The second-order valence-electron chi connectivity index (χ2n) is 4.16. The fourth-order valence-electron chi connectivity index (χ4n) is 1.94. The number of rotatable bonds is 3. The molecule has 1 amide bonds. The van der Waals surface area contributed by atoms with Gasteiger partial charge >= 0.3 is 0 Å². The first kappa shape index (κ1) is 11.4. The van der Waals surface area contributed by atoms with E-state index in [9.17, 15) is 4.79 Å². The van der Waals surface area contributed by atoms with E-state index in [0.29, 0.717) is 0 Å². The summed E-state index contributed by atoms with van der Waals surface area (Å²) in [4.78, 5) is 20.1. The summed E-state index contributed by atoms with van der Waals surface area (Å²) in [7, 11) is 0. The Kier molecular flexibility index (Phi) is 2.94. The number of aromatic nitrogens is 3. The number of hydrogen-bond acceptors (Lipinski definition) is 3. The van der Waals surface area contributed by atoms with Gasteiger partial charge in [-0.25, -0.2) is 4.98 Å². The number of carbonyl (C=O) groups is 1. The average molecular weight is 252 g/mol. The van der Waals surface area contributed by atoms with Crippen molar-refractivity contribution in [2.75, 3.05) is 5.32 Å². The Hall–Kier alpha value is -2.69. The van der Waals surface area contributed by atoms with Crippen LogP contribution in [0.15, 0.2) is 55.2 Å². The highest BCUT2D eigenvalue weighted by Gasteiger charge is 2.06. The lowest BCUT2D eigenvalue weighted by Crippen LogP contribution is -2.18. The SMILES string of the molecule is O=C(Cn1ccnc1)Nc1cccc2cccnc12. The van der Waals surface area contributed by atoms with Gasteiger partial charge in [0.15, 0.2) is 0 Å². The van der Waals surface area contributed by atoms with Gasteiger partial charge in [-0.15, -0.1) is 0 Å². The molecule has 94 valence electrons. The van der Waals surface area contributed by atoms with Gasteiger partial charge in [0.1, 0.15) is 6.54 Å². The summed E-state index contributed by atoms with van der Waals surface area (Å²) < 4.78 is 1.72. The van der Waals surface area contributed by atoms with E-state index in [1.54, 1.807) is 29.5 Å². The van der Waals surface area contributed by atoms with Gasteiger partial charge in [-0.1, -0.05) is 18.2 Å². The number of amides is 1. The Morgan fingerprint density at radius 2 is 2.11 bits per heavy atom. The van der Waals surface area contributed by atoms with E-state index >= 15 is 0 Å². The Bertz CT molecular complexity index is 701. The maximum absolute atomic E-state index is 11.9. The monoisotopic (exact) mass is 252 g/mol. The van der Waals surface area contributed by atoms with Crippen molar-refractivity contribution >= 4 is 22.5 Å². The molecule has 0 aliphatic heterocycles. The predicted octanol–water partition coefficient (Wildman–Crippen LogP) is 2.07. The third-order valence-electron chi connectivity index (χ3n) is 2.79. The highest BCUT2D eigenvalue weighted by molar-refractivity contribution is 6.00. The predicted molar refractivity (Wildman–Crippen MR) is 72.6 cm³/mol. The summed E-state index contributed by atoms with van der Waals surface area (Å²) in [6.07, 6.45) is 6.72. The van der Waals surface area contributed by atoms with Gasteiger partial charge in [0.2, 0.25) is 5.91 Å². The number of para-hydroxylation sites is 1. The van der Waals surface area contributed by atoms with E-state index in [1.165, 1.54) is 0 Å². The highest BCUT2D eigenvalue weighted by Crippen LogP contribution is 2.20. The molecule has 0 atom stereocenters. The Morgan fingerprint density at radius 1 is 1.21 bits per heavy atom. The molecule has 0 spiro atoms. The van der Waals surface area contributed by atoms with Crippen molar-refractivity contribution in [1.29, 1.82) is 0 Å². The molecular formula is C14H12N4O. The van der Waals surface area contributed by atoms with E-state index in [4.69, 9.17) is 0 Å². The highest BCUT2D eigenvalue weighted by atomic mass is 16.1. The van der Waals surface area contributed by atoms with Crippen molar-refractivity contribution in [3.8, 4) is 0 Å². The van der Waals surface area contributed by atoms with Crippen molar-refractivity contribution in [3.63, 3.8) is 0 Å². The topological polar surface area (TPSA) is 59.8 Å². The van der Waals surface area contributed by atoms with Gasteiger partial charge in [-0.05, 0) is 12.1 Å². The van der Waals surface area contributed by atoms with Gasteiger partial charge in [0.05, 0.1) is 17.5 Å². The summed E-state index contributed by atoms with van der Waals surface area (Å²) in [5.74, 6) is -0.101. The maximum Gasteiger partial charge on any atom is 0.244 e. The van der Waals surface area contributed by atoms with Gasteiger partial charge in [-0.3, -0.25) is 9.78 Å². The summed E-state index contributed by atoms with van der Waals surface area (Å²) in [5, 5.41) is 3.88. The van der Waals surface area contributed by atoms with Crippen molar-refractivity contribution in [2.45, 2.75) is 6.54 Å². The lowest BCUT2D eigenvalue weighted by atomic mass is 10.2. The molecule has 1 aromatic carbocycles. The van der Waals surface area contributed by atoms with Crippen molar-refractivity contribution < 1.29 is 4.79 Å². The summed E-state index contributed by atoms with van der Waals surface area (Å²) in [5.41, 5.74) is 1.52. The van der Waals surface area contributed by atoms with Crippen LogP contribution in [-0.4, -0.2) is 20.4 Å². The number of nitrogens with one attached hydrogen (secondary N) is 1. The molecule has 2 aromatic heterocycles. The molecule has 19 heavy (non-hydrogen) atoms. The van der Waals surface area contributed by atoms with Crippen LogP contribution < -0.4 is 5.32 Å². The summed E-state index contributed by atoms with van der Waals surface area (Å²) in [6, 6.07) is 9.55. The molecule has 3 rings (SSSR count). The molecule has 1 N–H and O–H groups in total. The molecule has 0 bridgehead atoms. The quantitative estimate of drug-likeness (QED) is 0.776. The molecule has 0 aliphatic rings. The van der Waals surface area contributed by atoms with Crippen LogP contribution in [0.5, 0.6) is 0 Å². The minimum absolute atomic E-state index is 0.101. The molecule has 3 aromatic rings. The van der Waals surface area contributed by atoms with Crippen molar-refractivity contribution in [1.82, 2.24) is 14.5 Å². The second kappa shape index (κ2) is 4.89. The van der Waals surface area contributed by atoms with Crippen LogP contribution in [0.3, 0.4) is 0 Å². The molecule has 0 radical (unpaired) electrons. The molecule has 0 fully saturated rings. The first-order valence-electron chi connectivity index (χ1n) is 5.92. The van der Waals surface area contributed by atoms with E-state index in [0.717, 1.165) is 16.6 Å². The van der Waals surface area contributed by atoms with E-state index in [2.05, 4.69) is 15.3 Å². The molecule has 2 heterocycles. The smallest absolute Gasteiger partial charge is 0.244 e. The Labute approximate surface area is 109 Å². The van der Waals surface area contributed by atoms with Crippen molar-refractivity contribution in [2.24, 2.45) is 0 Å². The van der Waals surface area contributed by atoms with E-state index in [-0.39, 0.29) is 12.5 Å². The molecule has 0 saturated carbocycles. The lowest BCUT2D eigenvalue weighted by Gasteiger charge is -2.08. The van der Waals surface area contributed by atoms with Gasteiger partial charge in [-0.2, -0.15) is 0 Å². The molecule has 5 heteroatoms. The zero-order valence-electron chi connectivity index (χ0n) is 10.2. The van der Waals surface area contributed by atoms with Crippen LogP contribution in [0.4, 0.5) is 5.69 Å². The number of fused-ring (bicyclic) bond motifs is 1. The molecular weight excluding hydrogens is 240 g/mol. The van der Waals surface area contributed by atoms with E-state index < -0.39 is 0 Å².